The fourth-order valence-corrected chi connectivity index (χ4v) is 3.17. The zero-order valence-corrected chi connectivity index (χ0v) is 10.5. The number of anilines is 1. The number of methoxy groups -OCH3 is 1. The smallest absolute Gasteiger partial charge is 0.341 e. The fraction of sp³-hybridized carbons (Fsp3) is 0.583. The molecule has 0 spiro atoms. The molecule has 1 saturated carbocycles. The van der Waals surface area contributed by atoms with E-state index in [0.29, 0.717) is 11.6 Å². The van der Waals surface area contributed by atoms with Crippen LogP contribution in [0.25, 0.3) is 0 Å². The van der Waals surface area contributed by atoms with E-state index >= 15 is 0 Å². The second-order valence-corrected chi connectivity index (χ2v) is 5.12. The molecule has 0 aromatic carbocycles. The molecule has 1 aliphatic carbocycles. The van der Waals surface area contributed by atoms with E-state index in [0.717, 1.165) is 10.6 Å². The van der Waals surface area contributed by atoms with Gasteiger partial charge in [-0.25, -0.2) is 4.79 Å². The molecule has 1 aromatic heterocycles. The summed E-state index contributed by atoms with van der Waals surface area (Å²) in [5.41, 5.74) is 1.71. The lowest BCUT2D eigenvalue weighted by atomic mass is 10.2. The van der Waals surface area contributed by atoms with Gasteiger partial charge in [0.15, 0.2) is 0 Å². The minimum Gasteiger partial charge on any atom is -0.465 e. The Morgan fingerprint density at radius 1 is 1.50 bits per heavy atom. The summed E-state index contributed by atoms with van der Waals surface area (Å²) >= 11 is 1.59. The predicted molar refractivity (Wildman–Crippen MR) is 66.3 cm³/mol. The second kappa shape index (κ2) is 4.87. The molecule has 1 aromatic rings. The number of aryl methyl sites for hydroxylation is 1. The van der Waals surface area contributed by atoms with Gasteiger partial charge in [-0.15, -0.1) is 11.3 Å². The minimum absolute atomic E-state index is 0.237. The third-order valence-corrected chi connectivity index (χ3v) is 4.08. The predicted octanol–water partition coefficient (Wildman–Crippen LogP) is 3.20. The van der Waals surface area contributed by atoms with Crippen LogP contribution in [0.3, 0.4) is 0 Å². The van der Waals surface area contributed by atoms with Gasteiger partial charge in [0.1, 0.15) is 5.00 Å². The molecule has 2 rings (SSSR count). The standard InChI is InChI=1S/C12H17NO2S/c1-8-7-16-11(10(8)12(14)15-2)13-9-5-3-4-6-9/h7,9,13H,3-6H2,1-2H3. The lowest BCUT2D eigenvalue weighted by Crippen LogP contribution is -2.16. The van der Waals surface area contributed by atoms with Crippen molar-refractivity contribution in [1.82, 2.24) is 0 Å². The van der Waals surface area contributed by atoms with E-state index in [1.807, 2.05) is 12.3 Å². The lowest BCUT2D eigenvalue weighted by molar-refractivity contribution is 0.0601. The molecule has 1 N–H and O–H groups in total. The van der Waals surface area contributed by atoms with Crippen molar-refractivity contribution in [2.75, 3.05) is 12.4 Å². The largest absolute Gasteiger partial charge is 0.465 e. The highest BCUT2D eigenvalue weighted by molar-refractivity contribution is 7.14. The van der Waals surface area contributed by atoms with Crippen molar-refractivity contribution in [3.8, 4) is 0 Å². The molecule has 88 valence electrons. The average molecular weight is 239 g/mol. The van der Waals surface area contributed by atoms with E-state index in [-0.39, 0.29) is 5.97 Å². The first-order chi connectivity index (χ1) is 7.72. The van der Waals surface area contributed by atoms with Gasteiger partial charge in [-0.3, -0.25) is 0 Å². The van der Waals surface area contributed by atoms with Crippen molar-refractivity contribution in [3.63, 3.8) is 0 Å². The second-order valence-electron chi connectivity index (χ2n) is 4.24. The quantitative estimate of drug-likeness (QED) is 0.823. The molecule has 0 bridgehead atoms. The Labute approximate surface area is 99.8 Å². The lowest BCUT2D eigenvalue weighted by Gasteiger charge is -2.13. The summed E-state index contributed by atoms with van der Waals surface area (Å²) in [4.78, 5) is 11.6. The van der Waals surface area contributed by atoms with Gasteiger partial charge >= 0.3 is 5.97 Å². The summed E-state index contributed by atoms with van der Waals surface area (Å²) < 4.78 is 4.81. The van der Waals surface area contributed by atoms with E-state index in [4.69, 9.17) is 4.74 Å². The van der Waals surface area contributed by atoms with Gasteiger partial charge in [-0.2, -0.15) is 0 Å². The van der Waals surface area contributed by atoms with Gasteiger partial charge in [-0.05, 0) is 30.7 Å². The Hall–Kier alpha value is -1.03. The minimum atomic E-state index is -0.237. The van der Waals surface area contributed by atoms with E-state index in [9.17, 15) is 4.79 Å². The average Bonchev–Trinajstić information content (AvgIpc) is 2.89. The van der Waals surface area contributed by atoms with E-state index in [1.165, 1.54) is 32.8 Å². The Balaban J connectivity index is 2.16. The van der Waals surface area contributed by atoms with Crippen LogP contribution < -0.4 is 5.32 Å². The van der Waals surface area contributed by atoms with Gasteiger partial charge in [0.05, 0.1) is 12.7 Å². The highest BCUT2D eigenvalue weighted by Gasteiger charge is 2.21. The molecular formula is C12H17NO2S. The zero-order chi connectivity index (χ0) is 11.5. The molecule has 0 atom stereocenters. The first kappa shape index (κ1) is 11.5. The molecule has 0 saturated heterocycles. The number of rotatable bonds is 3. The summed E-state index contributed by atoms with van der Waals surface area (Å²) in [6.45, 7) is 1.95. The molecule has 0 aliphatic heterocycles. The zero-order valence-electron chi connectivity index (χ0n) is 9.71. The van der Waals surface area contributed by atoms with Crippen molar-refractivity contribution < 1.29 is 9.53 Å². The van der Waals surface area contributed by atoms with Gasteiger partial charge in [0.25, 0.3) is 0 Å². The van der Waals surface area contributed by atoms with Crippen molar-refractivity contribution in [3.05, 3.63) is 16.5 Å². The summed E-state index contributed by atoms with van der Waals surface area (Å²) in [5, 5.41) is 6.44. The van der Waals surface area contributed by atoms with Gasteiger partial charge < -0.3 is 10.1 Å². The normalized spacial score (nSPS) is 16.4. The summed E-state index contributed by atoms with van der Waals surface area (Å²) in [7, 11) is 1.43. The van der Waals surface area contributed by atoms with Crippen LogP contribution in [0.4, 0.5) is 5.00 Å². The number of esters is 1. The molecule has 0 unspecified atom stereocenters. The molecule has 3 nitrogen and oxygen atoms in total. The van der Waals surface area contributed by atoms with Crippen LogP contribution in [0.2, 0.25) is 0 Å². The van der Waals surface area contributed by atoms with Crippen LogP contribution in [-0.2, 0) is 4.74 Å². The molecule has 1 fully saturated rings. The number of ether oxygens (including phenoxy) is 1. The first-order valence-corrected chi connectivity index (χ1v) is 6.53. The van der Waals surface area contributed by atoms with Crippen LogP contribution in [-0.4, -0.2) is 19.1 Å². The number of carbonyl (C=O) groups is 1. The van der Waals surface area contributed by atoms with Crippen LogP contribution in [0, 0.1) is 6.92 Å². The Morgan fingerprint density at radius 3 is 2.81 bits per heavy atom. The van der Waals surface area contributed by atoms with E-state index in [2.05, 4.69) is 5.32 Å². The van der Waals surface area contributed by atoms with Crippen LogP contribution in [0.15, 0.2) is 5.38 Å². The maximum absolute atomic E-state index is 11.6. The molecule has 1 heterocycles. The van der Waals surface area contributed by atoms with Gasteiger partial charge in [0.2, 0.25) is 0 Å². The number of carbonyl (C=O) groups excluding carboxylic acids is 1. The molecule has 0 radical (unpaired) electrons. The number of hydrogen-bond acceptors (Lipinski definition) is 4. The third kappa shape index (κ3) is 2.21. The van der Waals surface area contributed by atoms with Gasteiger partial charge in [0, 0.05) is 6.04 Å². The summed E-state index contributed by atoms with van der Waals surface area (Å²) in [5.74, 6) is -0.237. The molecule has 4 heteroatoms. The van der Waals surface area contributed by atoms with Crippen LogP contribution in [0.5, 0.6) is 0 Å². The van der Waals surface area contributed by atoms with E-state index < -0.39 is 0 Å². The molecule has 16 heavy (non-hydrogen) atoms. The number of hydrogen-bond donors (Lipinski definition) is 1. The molecule has 0 amide bonds. The number of nitrogens with one attached hydrogen (secondary N) is 1. The van der Waals surface area contributed by atoms with Crippen molar-refractivity contribution in [2.45, 2.75) is 38.6 Å². The molecule has 1 aliphatic rings. The van der Waals surface area contributed by atoms with Crippen molar-refractivity contribution >= 4 is 22.3 Å². The Morgan fingerprint density at radius 2 is 2.19 bits per heavy atom. The number of thiophene rings is 1. The highest BCUT2D eigenvalue weighted by Crippen LogP contribution is 2.31. The Kier molecular flexibility index (Phi) is 3.49. The van der Waals surface area contributed by atoms with Crippen LogP contribution >= 0.6 is 11.3 Å². The third-order valence-electron chi connectivity index (χ3n) is 3.05. The van der Waals surface area contributed by atoms with Crippen molar-refractivity contribution in [2.24, 2.45) is 0 Å². The fourth-order valence-electron chi connectivity index (χ4n) is 2.16. The van der Waals surface area contributed by atoms with Crippen LogP contribution in [0.1, 0.15) is 41.6 Å². The van der Waals surface area contributed by atoms with Gasteiger partial charge in [-0.1, -0.05) is 12.8 Å². The highest BCUT2D eigenvalue weighted by atomic mass is 32.1. The maximum Gasteiger partial charge on any atom is 0.341 e. The SMILES string of the molecule is COC(=O)c1c(C)csc1NC1CCCC1. The monoisotopic (exact) mass is 239 g/mol. The summed E-state index contributed by atoms with van der Waals surface area (Å²) in [6, 6.07) is 0.529. The summed E-state index contributed by atoms with van der Waals surface area (Å²) in [6.07, 6.45) is 4.99. The Bertz CT molecular complexity index is 380. The first-order valence-electron chi connectivity index (χ1n) is 5.65. The van der Waals surface area contributed by atoms with Crippen molar-refractivity contribution in [1.29, 1.82) is 0 Å². The van der Waals surface area contributed by atoms with E-state index in [1.54, 1.807) is 11.3 Å². The maximum atomic E-state index is 11.6. The topological polar surface area (TPSA) is 38.3 Å². The molecular weight excluding hydrogens is 222 g/mol.